The lowest BCUT2D eigenvalue weighted by Gasteiger charge is -2.09. The number of hydrogen-bond acceptors (Lipinski definition) is 6. The van der Waals surface area contributed by atoms with Crippen LogP contribution in [0.5, 0.6) is 5.75 Å². The molecule has 0 radical (unpaired) electrons. The molecule has 1 aromatic heterocycles. The van der Waals surface area contributed by atoms with Crippen LogP contribution in [0.4, 0.5) is 4.39 Å². The lowest BCUT2D eigenvalue weighted by molar-refractivity contribution is -0.137. The number of aromatic nitrogens is 2. The first-order valence-corrected chi connectivity index (χ1v) is 11.6. The van der Waals surface area contributed by atoms with Crippen LogP contribution < -0.4 is 4.74 Å². The number of ether oxygens (including phenoxy) is 2. The van der Waals surface area contributed by atoms with E-state index in [1.54, 1.807) is 6.92 Å². The highest BCUT2D eigenvalue weighted by molar-refractivity contribution is 7.91. The zero-order valence-corrected chi connectivity index (χ0v) is 18.0. The number of benzene rings is 1. The Labute approximate surface area is 179 Å². The van der Waals surface area contributed by atoms with Crippen molar-refractivity contribution in [3.63, 3.8) is 0 Å². The molecule has 1 atom stereocenters. The van der Waals surface area contributed by atoms with E-state index in [1.807, 2.05) is 0 Å². The minimum absolute atomic E-state index is 0.0129. The van der Waals surface area contributed by atoms with Gasteiger partial charge in [0.25, 0.3) is 0 Å². The lowest BCUT2D eigenvalue weighted by Crippen LogP contribution is -2.12. The molecule has 1 aliphatic heterocycles. The fourth-order valence-corrected chi connectivity index (χ4v) is 5.15. The van der Waals surface area contributed by atoms with Gasteiger partial charge in [0, 0.05) is 18.1 Å². The van der Waals surface area contributed by atoms with Gasteiger partial charge in [0.15, 0.2) is 9.84 Å². The molecule has 2 heterocycles. The number of halogens is 2. The monoisotopic (exact) mass is 456 g/mol. The SMILES string of the molecule is Cc1nn(C2CCS(=O)(=O)C2)c(Cl)c1C=CC(=O)OCCCOc1ccc(F)cc1. The maximum Gasteiger partial charge on any atom is 0.330 e. The molecule has 0 saturated carbocycles. The number of esters is 1. The number of aryl methyl sites for hydroxylation is 1. The molecule has 7 nitrogen and oxygen atoms in total. The Morgan fingerprint density at radius 1 is 1.33 bits per heavy atom. The highest BCUT2D eigenvalue weighted by Gasteiger charge is 2.31. The normalized spacial score (nSPS) is 18.0. The third-order valence-electron chi connectivity index (χ3n) is 4.63. The Hall–Kier alpha value is -2.39. The van der Waals surface area contributed by atoms with E-state index >= 15 is 0 Å². The summed E-state index contributed by atoms with van der Waals surface area (Å²) in [7, 11) is -3.06. The standard InChI is InChI=1S/C20H22ClFN2O5S/c1-14-18(20(21)24(23-14)16-9-12-30(26,27)13-16)7-8-19(25)29-11-2-10-28-17-5-3-15(22)4-6-17/h3-8,16H,2,9-13H2,1H3. The molecule has 0 amide bonds. The van der Waals surface area contributed by atoms with Crippen LogP contribution in [0.2, 0.25) is 5.15 Å². The summed E-state index contributed by atoms with van der Waals surface area (Å²) in [5, 5.41) is 4.63. The van der Waals surface area contributed by atoms with E-state index in [-0.39, 0.29) is 30.0 Å². The Bertz CT molecular complexity index is 1030. The summed E-state index contributed by atoms with van der Waals surface area (Å²) in [6.45, 7) is 2.23. The van der Waals surface area contributed by atoms with E-state index in [2.05, 4.69) is 5.10 Å². The summed E-state index contributed by atoms with van der Waals surface area (Å²) in [6, 6.07) is 5.37. The molecule has 1 aliphatic rings. The van der Waals surface area contributed by atoms with Crippen molar-refractivity contribution in [2.75, 3.05) is 24.7 Å². The van der Waals surface area contributed by atoms with Crippen molar-refractivity contribution in [3.05, 3.63) is 52.6 Å². The Kier molecular flexibility index (Phi) is 7.14. The first kappa shape index (κ1) is 22.3. The van der Waals surface area contributed by atoms with Crippen molar-refractivity contribution in [2.24, 2.45) is 0 Å². The molecule has 1 unspecified atom stereocenters. The zero-order valence-electron chi connectivity index (χ0n) is 16.4. The third kappa shape index (κ3) is 5.82. The molecule has 1 saturated heterocycles. The number of carbonyl (C=O) groups excluding carboxylic acids is 1. The second-order valence-electron chi connectivity index (χ2n) is 6.95. The maximum atomic E-state index is 12.8. The van der Waals surface area contributed by atoms with Gasteiger partial charge in [-0.2, -0.15) is 5.10 Å². The molecule has 1 fully saturated rings. The van der Waals surface area contributed by atoms with E-state index in [4.69, 9.17) is 21.1 Å². The van der Waals surface area contributed by atoms with Crippen molar-refractivity contribution >= 4 is 33.5 Å². The number of nitrogens with zero attached hydrogens (tertiary/aromatic N) is 2. The fourth-order valence-electron chi connectivity index (χ4n) is 3.08. The van der Waals surface area contributed by atoms with Gasteiger partial charge >= 0.3 is 5.97 Å². The van der Waals surface area contributed by atoms with Gasteiger partial charge in [0.1, 0.15) is 16.7 Å². The third-order valence-corrected chi connectivity index (χ3v) is 6.75. The van der Waals surface area contributed by atoms with Crippen LogP contribution in [0.25, 0.3) is 6.08 Å². The molecule has 0 N–H and O–H groups in total. The molecule has 162 valence electrons. The van der Waals surface area contributed by atoms with Crippen LogP contribution in [0.1, 0.15) is 30.1 Å². The van der Waals surface area contributed by atoms with Gasteiger partial charge in [-0.15, -0.1) is 0 Å². The number of sulfone groups is 1. The van der Waals surface area contributed by atoms with E-state index < -0.39 is 15.8 Å². The number of carbonyl (C=O) groups is 1. The molecule has 0 spiro atoms. The summed E-state index contributed by atoms with van der Waals surface area (Å²) in [5.74, 6) is -0.200. The van der Waals surface area contributed by atoms with Crippen molar-refractivity contribution in [3.8, 4) is 5.75 Å². The highest BCUT2D eigenvalue weighted by atomic mass is 35.5. The van der Waals surface area contributed by atoms with Gasteiger partial charge in [-0.1, -0.05) is 11.6 Å². The summed E-state index contributed by atoms with van der Waals surface area (Å²) < 4.78 is 48.3. The maximum absolute atomic E-state index is 12.8. The Balaban J connectivity index is 1.47. The van der Waals surface area contributed by atoms with Gasteiger partial charge in [-0.25, -0.2) is 22.3 Å². The van der Waals surface area contributed by atoms with Gasteiger partial charge in [-0.3, -0.25) is 0 Å². The Morgan fingerprint density at radius 2 is 2.07 bits per heavy atom. The van der Waals surface area contributed by atoms with Crippen molar-refractivity contribution in [2.45, 2.75) is 25.8 Å². The summed E-state index contributed by atoms with van der Waals surface area (Å²) >= 11 is 6.36. The first-order chi connectivity index (χ1) is 14.2. The molecular formula is C20H22ClFN2O5S. The molecule has 10 heteroatoms. The largest absolute Gasteiger partial charge is 0.493 e. The Morgan fingerprint density at radius 3 is 2.73 bits per heavy atom. The molecule has 3 rings (SSSR count). The predicted octanol–water partition coefficient (Wildman–Crippen LogP) is 3.37. The van der Waals surface area contributed by atoms with Crippen LogP contribution >= 0.6 is 11.6 Å². The lowest BCUT2D eigenvalue weighted by atomic mass is 10.2. The first-order valence-electron chi connectivity index (χ1n) is 9.43. The predicted molar refractivity (Wildman–Crippen MR) is 111 cm³/mol. The van der Waals surface area contributed by atoms with Gasteiger partial charge in [0.05, 0.1) is 36.5 Å². The minimum atomic E-state index is -3.06. The summed E-state index contributed by atoms with van der Waals surface area (Å²) in [6.07, 6.45) is 3.72. The van der Waals surface area contributed by atoms with E-state index in [1.165, 1.54) is 41.1 Å². The quantitative estimate of drug-likeness (QED) is 0.344. The van der Waals surface area contributed by atoms with Gasteiger partial charge < -0.3 is 9.47 Å². The van der Waals surface area contributed by atoms with Crippen LogP contribution in [0.3, 0.4) is 0 Å². The van der Waals surface area contributed by atoms with Crippen LogP contribution in [0, 0.1) is 12.7 Å². The summed E-state index contributed by atoms with van der Waals surface area (Å²) in [4.78, 5) is 11.9. The second-order valence-corrected chi connectivity index (χ2v) is 9.53. The summed E-state index contributed by atoms with van der Waals surface area (Å²) in [5.41, 5.74) is 1.15. The van der Waals surface area contributed by atoms with Crippen LogP contribution in [-0.4, -0.2) is 48.9 Å². The van der Waals surface area contributed by atoms with Crippen LogP contribution in [0.15, 0.2) is 30.3 Å². The molecule has 0 bridgehead atoms. The fraction of sp³-hybridized carbons (Fsp3) is 0.400. The van der Waals surface area contributed by atoms with Crippen molar-refractivity contribution in [1.29, 1.82) is 0 Å². The molecule has 2 aromatic rings. The van der Waals surface area contributed by atoms with E-state index in [0.717, 1.165) is 0 Å². The average Bonchev–Trinajstić information content (AvgIpc) is 3.19. The van der Waals surface area contributed by atoms with Gasteiger partial charge in [-0.05, 0) is 43.7 Å². The zero-order chi connectivity index (χ0) is 21.7. The molecular weight excluding hydrogens is 435 g/mol. The van der Waals surface area contributed by atoms with Crippen molar-refractivity contribution < 1.29 is 27.1 Å². The average molecular weight is 457 g/mol. The van der Waals surface area contributed by atoms with E-state index in [0.29, 0.717) is 41.6 Å². The number of hydrogen-bond donors (Lipinski definition) is 0. The molecule has 0 aliphatic carbocycles. The van der Waals surface area contributed by atoms with E-state index in [9.17, 15) is 17.6 Å². The smallest absolute Gasteiger partial charge is 0.330 e. The molecule has 30 heavy (non-hydrogen) atoms. The number of rotatable bonds is 8. The highest BCUT2D eigenvalue weighted by Crippen LogP contribution is 2.30. The second kappa shape index (κ2) is 9.61. The molecule has 1 aromatic carbocycles. The minimum Gasteiger partial charge on any atom is -0.493 e. The van der Waals surface area contributed by atoms with Crippen molar-refractivity contribution in [1.82, 2.24) is 9.78 Å². The van der Waals surface area contributed by atoms with Crippen LogP contribution in [-0.2, 0) is 19.4 Å². The van der Waals surface area contributed by atoms with Gasteiger partial charge in [0.2, 0.25) is 0 Å². The topological polar surface area (TPSA) is 87.5 Å².